The first-order valence-corrected chi connectivity index (χ1v) is 7.13. The highest BCUT2D eigenvalue weighted by atomic mass is 16.3. The summed E-state index contributed by atoms with van der Waals surface area (Å²) in [7, 11) is 0. The van der Waals surface area contributed by atoms with Crippen LogP contribution in [-0.4, -0.2) is 44.4 Å². The molecule has 2 aliphatic rings. The molecule has 0 aromatic carbocycles. The smallest absolute Gasteiger partial charge is 0.154 e. The largest absolute Gasteiger partial charge is 0.372 e. The average Bonchev–Trinajstić information content (AvgIpc) is 2.84. The molecule has 1 saturated heterocycles. The number of likely N-dealkylation sites (tertiary alicyclic amines) is 1. The first kappa shape index (κ1) is 12.1. The van der Waals surface area contributed by atoms with Crippen molar-refractivity contribution in [1.82, 2.24) is 19.7 Å². The molecule has 0 radical (unpaired) electrons. The van der Waals surface area contributed by atoms with Gasteiger partial charge in [0.25, 0.3) is 0 Å². The molecule has 1 aromatic rings. The Morgan fingerprint density at radius 2 is 2.06 bits per heavy atom. The number of fused-ring (bicyclic) bond motifs is 1. The fourth-order valence-corrected chi connectivity index (χ4v) is 3.03. The summed E-state index contributed by atoms with van der Waals surface area (Å²) < 4.78 is 1.74. The van der Waals surface area contributed by atoms with Crippen LogP contribution in [0.4, 0.5) is 0 Å². The minimum atomic E-state index is -0.453. The predicted molar refractivity (Wildman–Crippen MR) is 68.3 cm³/mol. The van der Waals surface area contributed by atoms with Crippen LogP contribution in [0, 0.1) is 0 Å². The topological polar surface area (TPSA) is 54.2 Å². The number of aliphatic hydroxyl groups excluding tert-OH is 1. The fraction of sp³-hybridized carbons (Fsp3) is 0.846. The lowest BCUT2D eigenvalue weighted by molar-refractivity contribution is 0.0641. The summed E-state index contributed by atoms with van der Waals surface area (Å²) in [6.45, 7) is 5.64. The molecule has 5 nitrogen and oxygen atoms in total. The molecule has 2 aliphatic heterocycles. The Bertz CT molecular complexity index is 409. The molecule has 0 amide bonds. The van der Waals surface area contributed by atoms with Crippen molar-refractivity contribution in [3.63, 3.8) is 0 Å². The Kier molecular flexibility index (Phi) is 3.35. The molecule has 1 fully saturated rings. The van der Waals surface area contributed by atoms with Crippen LogP contribution in [0.5, 0.6) is 0 Å². The van der Waals surface area contributed by atoms with Gasteiger partial charge < -0.3 is 10.0 Å². The second-order valence-electron chi connectivity index (χ2n) is 5.41. The SMILES string of the molecule is CCN1CCC(c2nc3n(n2)C(O)CCC3)CC1. The van der Waals surface area contributed by atoms with Crippen LogP contribution in [0.2, 0.25) is 0 Å². The van der Waals surface area contributed by atoms with E-state index in [1.165, 1.54) is 0 Å². The Hall–Kier alpha value is -0.940. The van der Waals surface area contributed by atoms with Crippen LogP contribution in [0.1, 0.15) is 56.4 Å². The van der Waals surface area contributed by atoms with Crippen molar-refractivity contribution in [2.75, 3.05) is 19.6 Å². The van der Waals surface area contributed by atoms with Gasteiger partial charge in [0, 0.05) is 12.3 Å². The van der Waals surface area contributed by atoms with Crippen LogP contribution in [0.3, 0.4) is 0 Å². The first-order chi connectivity index (χ1) is 8.78. The molecule has 1 N–H and O–H groups in total. The molecule has 0 spiro atoms. The van der Waals surface area contributed by atoms with Gasteiger partial charge in [-0.2, -0.15) is 5.10 Å². The number of hydrogen-bond acceptors (Lipinski definition) is 4. The van der Waals surface area contributed by atoms with Crippen molar-refractivity contribution >= 4 is 0 Å². The molecule has 100 valence electrons. The number of piperidine rings is 1. The van der Waals surface area contributed by atoms with Crippen molar-refractivity contribution in [2.24, 2.45) is 0 Å². The van der Waals surface area contributed by atoms with Gasteiger partial charge in [-0.05, 0) is 45.3 Å². The summed E-state index contributed by atoms with van der Waals surface area (Å²) in [5, 5.41) is 14.4. The molecule has 1 aromatic heterocycles. The van der Waals surface area contributed by atoms with E-state index in [1.54, 1.807) is 4.68 Å². The van der Waals surface area contributed by atoms with Crippen LogP contribution in [0.15, 0.2) is 0 Å². The Labute approximate surface area is 108 Å². The lowest BCUT2D eigenvalue weighted by atomic mass is 9.96. The van der Waals surface area contributed by atoms with E-state index in [4.69, 9.17) is 0 Å². The maximum atomic E-state index is 9.91. The molecule has 0 aliphatic carbocycles. The molecule has 0 bridgehead atoms. The summed E-state index contributed by atoms with van der Waals surface area (Å²) in [4.78, 5) is 7.12. The van der Waals surface area contributed by atoms with Crippen molar-refractivity contribution in [3.8, 4) is 0 Å². The Balaban J connectivity index is 1.74. The monoisotopic (exact) mass is 250 g/mol. The molecular formula is C13H22N4O. The molecule has 0 saturated carbocycles. The predicted octanol–water partition coefficient (Wildman–Crippen LogP) is 1.30. The van der Waals surface area contributed by atoms with Gasteiger partial charge in [-0.25, -0.2) is 9.67 Å². The normalized spacial score (nSPS) is 26.2. The highest BCUT2D eigenvalue weighted by Gasteiger charge is 2.27. The van der Waals surface area contributed by atoms with E-state index >= 15 is 0 Å². The van der Waals surface area contributed by atoms with Gasteiger partial charge in [0.05, 0.1) is 0 Å². The van der Waals surface area contributed by atoms with Crippen LogP contribution >= 0.6 is 0 Å². The number of aliphatic hydroxyl groups is 1. The van der Waals surface area contributed by atoms with E-state index in [0.29, 0.717) is 5.92 Å². The third-order valence-corrected chi connectivity index (χ3v) is 4.26. The average molecular weight is 250 g/mol. The maximum Gasteiger partial charge on any atom is 0.154 e. The molecular weight excluding hydrogens is 228 g/mol. The van der Waals surface area contributed by atoms with E-state index in [9.17, 15) is 5.11 Å². The van der Waals surface area contributed by atoms with Crippen molar-refractivity contribution < 1.29 is 5.11 Å². The number of nitrogens with zero attached hydrogens (tertiary/aromatic N) is 4. The standard InChI is InChI=1S/C13H22N4O/c1-2-16-8-6-10(7-9-16)13-14-11-4-3-5-12(18)17(11)15-13/h10,12,18H,2-9H2,1H3. The zero-order valence-corrected chi connectivity index (χ0v) is 11.0. The van der Waals surface area contributed by atoms with Gasteiger partial charge in [0.2, 0.25) is 0 Å². The van der Waals surface area contributed by atoms with Gasteiger partial charge in [-0.3, -0.25) is 0 Å². The summed E-state index contributed by atoms with van der Waals surface area (Å²) in [5.41, 5.74) is 0. The second-order valence-corrected chi connectivity index (χ2v) is 5.41. The van der Waals surface area contributed by atoms with Crippen molar-refractivity contribution in [3.05, 3.63) is 11.6 Å². The summed E-state index contributed by atoms with van der Waals surface area (Å²) in [6.07, 6.45) is 4.63. The van der Waals surface area contributed by atoms with Gasteiger partial charge in [-0.15, -0.1) is 0 Å². The summed E-state index contributed by atoms with van der Waals surface area (Å²) in [6, 6.07) is 0. The molecule has 1 unspecified atom stereocenters. The number of aryl methyl sites for hydroxylation is 1. The zero-order valence-electron chi connectivity index (χ0n) is 11.0. The molecule has 3 heterocycles. The molecule has 5 heteroatoms. The van der Waals surface area contributed by atoms with Crippen LogP contribution in [-0.2, 0) is 6.42 Å². The van der Waals surface area contributed by atoms with E-state index in [1.807, 2.05) is 0 Å². The highest BCUT2D eigenvalue weighted by Crippen LogP contribution is 2.28. The lowest BCUT2D eigenvalue weighted by Gasteiger charge is -2.29. The van der Waals surface area contributed by atoms with E-state index in [-0.39, 0.29) is 0 Å². The first-order valence-electron chi connectivity index (χ1n) is 7.13. The Morgan fingerprint density at radius 1 is 1.28 bits per heavy atom. The minimum Gasteiger partial charge on any atom is -0.372 e. The molecule has 1 atom stereocenters. The fourth-order valence-electron chi connectivity index (χ4n) is 3.03. The van der Waals surface area contributed by atoms with Crippen molar-refractivity contribution in [1.29, 1.82) is 0 Å². The van der Waals surface area contributed by atoms with Gasteiger partial charge in [0.15, 0.2) is 5.82 Å². The summed E-state index contributed by atoms with van der Waals surface area (Å²) in [5.74, 6) is 2.42. The Morgan fingerprint density at radius 3 is 2.72 bits per heavy atom. The molecule has 3 rings (SSSR count). The van der Waals surface area contributed by atoms with Crippen LogP contribution < -0.4 is 0 Å². The number of rotatable bonds is 2. The van der Waals surface area contributed by atoms with Gasteiger partial charge in [-0.1, -0.05) is 6.92 Å². The van der Waals surface area contributed by atoms with Crippen LogP contribution in [0.25, 0.3) is 0 Å². The van der Waals surface area contributed by atoms with E-state index < -0.39 is 6.23 Å². The lowest BCUT2D eigenvalue weighted by Crippen LogP contribution is -2.32. The highest BCUT2D eigenvalue weighted by molar-refractivity contribution is 5.03. The number of aromatic nitrogens is 3. The second kappa shape index (κ2) is 4.97. The molecule has 18 heavy (non-hydrogen) atoms. The maximum absolute atomic E-state index is 9.91. The van der Waals surface area contributed by atoms with Gasteiger partial charge >= 0.3 is 0 Å². The van der Waals surface area contributed by atoms with Gasteiger partial charge in [0.1, 0.15) is 12.1 Å². The van der Waals surface area contributed by atoms with Crippen molar-refractivity contribution in [2.45, 2.75) is 51.2 Å². The summed E-state index contributed by atoms with van der Waals surface area (Å²) >= 11 is 0. The van der Waals surface area contributed by atoms with E-state index in [2.05, 4.69) is 21.9 Å². The number of hydrogen-bond donors (Lipinski definition) is 1. The third-order valence-electron chi connectivity index (χ3n) is 4.26. The quantitative estimate of drug-likeness (QED) is 0.859. The zero-order chi connectivity index (χ0) is 12.5. The van der Waals surface area contributed by atoms with E-state index in [0.717, 1.165) is 63.4 Å². The minimum absolute atomic E-state index is 0.453. The third kappa shape index (κ3) is 2.17.